The highest BCUT2D eigenvalue weighted by Gasteiger charge is 2.18. The zero-order valence-electron chi connectivity index (χ0n) is 8.43. The van der Waals surface area contributed by atoms with Gasteiger partial charge < -0.3 is 5.32 Å². The maximum absolute atomic E-state index is 4.21. The van der Waals surface area contributed by atoms with Gasteiger partial charge in [0, 0.05) is 18.7 Å². The Balaban J connectivity index is 2.05. The van der Waals surface area contributed by atoms with E-state index in [0.29, 0.717) is 11.7 Å². The number of nitrogens with zero attached hydrogens (tertiary/aromatic N) is 4. The molecule has 0 saturated carbocycles. The zero-order chi connectivity index (χ0) is 10.1. The van der Waals surface area contributed by atoms with Crippen LogP contribution in [0.15, 0.2) is 18.6 Å². The van der Waals surface area contributed by atoms with E-state index in [1.54, 1.807) is 6.33 Å². The summed E-state index contributed by atoms with van der Waals surface area (Å²) in [5, 5.41) is 7.62. The molecule has 5 heteroatoms. The van der Waals surface area contributed by atoms with E-state index in [2.05, 4.69) is 20.4 Å². The molecule has 1 saturated heterocycles. The van der Waals surface area contributed by atoms with Gasteiger partial charge in [-0.1, -0.05) is 0 Å². The maximum atomic E-state index is 4.21. The minimum atomic E-state index is 0.533. The molecule has 1 aliphatic heterocycles. The fourth-order valence-corrected chi connectivity index (χ4v) is 2.17. The SMILES string of the molecule is c1cc([C@@H]2CCCNC2)n2ncnc2n1. The third-order valence-electron chi connectivity index (χ3n) is 2.92. The van der Waals surface area contributed by atoms with Crippen LogP contribution in [0, 0.1) is 0 Å². The summed E-state index contributed by atoms with van der Waals surface area (Å²) in [6, 6.07) is 2.04. The van der Waals surface area contributed by atoms with Crippen molar-refractivity contribution in [2.75, 3.05) is 13.1 Å². The van der Waals surface area contributed by atoms with Crippen molar-refractivity contribution in [2.45, 2.75) is 18.8 Å². The van der Waals surface area contributed by atoms with E-state index in [-0.39, 0.29) is 0 Å². The lowest BCUT2D eigenvalue weighted by molar-refractivity contribution is 0.448. The Labute approximate surface area is 87.5 Å². The molecule has 1 atom stereocenters. The van der Waals surface area contributed by atoms with Gasteiger partial charge in [-0.05, 0) is 25.5 Å². The third kappa shape index (κ3) is 1.48. The van der Waals surface area contributed by atoms with Crippen molar-refractivity contribution in [3.63, 3.8) is 0 Å². The normalized spacial score (nSPS) is 22.0. The first kappa shape index (κ1) is 8.79. The van der Waals surface area contributed by atoms with Crippen molar-refractivity contribution in [3.05, 3.63) is 24.3 Å². The van der Waals surface area contributed by atoms with E-state index in [4.69, 9.17) is 0 Å². The van der Waals surface area contributed by atoms with Crippen LogP contribution in [0.1, 0.15) is 24.5 Å². The van der Waals surface area contributed by atoms with Crippen molar-refractivity contribution in [2.24, 2.45) is 0 Å². The first-order valence-corrected chi connectivity index (χ1v) is 5.30. The average molecular weight is 203 g/mol. The summed E-state index contributed by atoms with van der Waals surface area (Å²) in [5.74, 6) is 1.23. The Kier molecular flexibility index (Phi) is 2.10. The van der Waals surface area contributed by atoms with E-state index in [1.165, 1.54) is 18.5 Å². The standard InChI is InChI=1S/C10H13N5/c1-2-8(6-11-4-1)9-3-5-12-10-13-7-14-15(9)10/h3,5,7-8,11H,1-2,4,6H2/t8-/m1/s1. The molecule has 3 heterocycles. The summed E-state index contributed by atoms with van der Waals surface area (Å²) in [4.78, 5) is 8.26. The molecule has 0 amide bonds. The van der Waals surface area contributed by atoms with Crippen molar-refractivity contribution >= 4 is 5.78 Å². The minimum Gasteiger partial charge on any atom is -0.316 e. The van der Waals surface area contributed by atoms with Crippen LogP contribution in [0.5, 0.6) is 0 Å². The third-order valence-corrected chi connectivity index (χ3v) is 2.92. The van der Waals surface area contributed by atoms with Gasteiger partial charge in [-0.25, -0.2) is 9.50 Å². The van der Waals surface area contributed by atoms with Crippen molar-refractivity contribution < 1.29 is 0 Å². The molecule has 5 nitrogen and oxygen atoms in total. The van der Waals surface area contributed by atoms with Crippen LogP contribution < -0.4 is 5.32 Å². The second kappa shape index (κ2) is 3.58. The Bertz CT molecular complexity index is 458. The van der Waals surface area contributed by atoms with Gasteiger partial charge in [-0.15, -0.1) is 0 Å². The molecular weight excluding hydrogens is 190 g/mol. The Morgan fingerprint density at radius 1 is 1.40 bits per heavy atom. The summed E-state index contributed by atoms with van der Waals surface area (Å²) in [6.45, 7) is 2.15. The first-order chi connectivity index (χ1) is 7.45. The highest BCUT2D eigenvalue weighted by Crippen LogP contribution is 2.22. The average Bonchev–Trinajstić information content (AvgIpc) is 2.78. The van der Waals surface area contributed by atoms with E-state index >= 15 is 0 Å². The predicted molar refractivity (Wildman–Crippen MR) is 55.6 cm³/mol. The smallest absolute Gasteiger partial charge is 0.252 e. The summed E-state index contributed by atoms with van der Waals surface area (Å²) in [5.41, 5.74) is 1.21. The van der Waals surface area contributed by atoms with Crippen LogP contribution in [0.4, 0.5) is 0 Å². The van der Waals surface area contributed by atoms with Crippen molar-refractivity contribution in [3.8, 4) is 0 Å². The lowest BCUT2D eigenvalue weighted by atomic mass is 9.96. The number of fused-ring (bicyclic) bond motifs is 1. The number of aromatic nitrogens is 4. The number of hydrogen-bond donors (Lipinski definition) is 1. The van der Waals surface area contributed by atoms with E-state index < -0.39 is 0 Å². The zero-order valence-corrected chi connectivity index (χ0v) is 8.43. The fourth-order valence-electron chi connectivity index (χ4n) is 2.17. The molecule has 0 aliphatic carbocycles. The van der Waals surface area contributed by atoms with Crippen LogP contribution in [-0.4, -0.2) is 32.7 Å². The summed E-state index contributed by atoms with van der Waals surface area (Å²) in [6.07, 6.45) is 5.81. The van der Waals surface area contributed by atoms with Crippen LogP contribution in [0.25, 0.3) is 5.78 Å². The van der Waals surface area contributed by atoms with Gasteiger partial charge in [0.2, 0.25) is 0 Å². The Hall–Kier alpha value is -1.49. The number of hydrogen-bond acceptors (Lipinski definition) is 4. The van der Waals surface area contributed by atoms with Gasteiger partial charge in [-0.3, -0.25) is 0 Å². The topological polar surface area (TPSA) is 55.1 Å². The van der Waals surface area contributed by atoms with Gasteiger partial charge in [0.05, 0.1) is 5.69 Å². The number of nitrogens with one attached hydrogen (secondary N) is 1. The van der Waals surface area contributed by atoms with Crippen LogP contribution in [0.3, 0.4) is 0 Å². The summed E-state index contributed by atoms with van der Waals surface area (Å²) < 4.78 is 1.84. The maximum Gasteiger partial charge on any atom is 0.252 e. The minimum absolute atomic E-state index is 0.533. The van der Waals surface area contributed by atoms with Gasteiger partial charge in [-0.2, -0.15) is 10.1 Å². The van der Waals surface area contributed by atoms with Crippen molar-refractivity contribution in [1.82, 2.24) is 24.9 Å². The lowest BCUT2D eigenvalue weighted by Gasteiger charge is -2.22. The van der Waals surface area contributed by atoms with Gasteiger partial charge in [0.15, 0.2) is 0 Å². The van der Waals surface area contributed by atoms with Gasteiger partial charge in [0.25, 0.3) is 5.78 Å². The van der Waals surface area contributed by atoms with E-state index in [9.17, 15) is 0 Å². The molecule has 1 N–H and O–H groups in total. The lowest BCUT2D eigenvalue weighted by Crippen LogP contribution is -2.29. The molecule has 3 rings (SSSR count). The molecule has 0 bridgehead atoms. The highest BCUT2D eigenvalue weighted by atomic mass is 15.3. The van der Waals surface area contributed by atoms with Gasteiger partial charge in [0.1, 0.15) is 6.33 Å². The second-order valence-electron chi connectivity index (χ2n) is 3.88. The highest BCUT2D eigenvalue weighted by molar-refractivity contribution is 5.28. The molecular formula is C10H13N5. The fraction of sp³-hybridized carbons (Fsp3) is 0.500. The van der Waals surface area contributed by atoms with Crippen molar-refractivity contribution in [1.29, 1.82) is 0 Å². The molecule has 15 heavy (non-hydrogen) atoms. The summed E-state index contributed by atoms with van der Waals surface area (Å²) >= 11 is 0. The van der Waals surface area contributed by atoms with Crippen LogP contribution >= 0.6 is 0 Å². The molecule has 1 aliphatic rings. The molecule has 2 aromatic rings. The molecule has 0 aromatic carbocycles. The molecule has 0 radical (unpaired) electrons. The second-order valence-corrected chi connectivity index (χ2v) is 3.88. The van der Waals surface area contributed by atoms with Crippen LogP contribution in [0.2, 0.25) is 0 Å². The van der Waals surface area contributed by atoms with E-state index in [0.717, 1.165) is 13.1 Å². The predicted octanol–water partition coefficient (Wildman–Crippen LogP) is 0.591. The number of rotatable bonds is 1. The largest absolute Gasteiger partial charge is 0.316 e. The monoisotopic (exact) mass is 203 g/mol. The molecule has 0 spiro atoms. The molecule has 2 aromatic heterocycles. The molecule has 0 unspecified atom stereocenters. The quantitative estimate of drug-likeness (QED) is 0.737. The Morgan fingerprint density at radius 2 is 2.40 bits per heavy atom. The molecule has 78 valence electrons. The first-order valence-electron chi connectivity index (χ1n) is 5.30. The van der Waals surface area contributed by atoms with Gasteiger partial charge >= 0.3 is 0 Å². The number of piperidine rings is 1. The Morgan fingerprint density at radius 3 is 3.27 bits per heavy atom. The summed E-state index contributed by atoms with van der Waals surface area (Å²) in [7, 11) is 0. The van der Waals surface area contributed by atoms with E-state index in [1.807, 2.05) is 16.8 Å². The molecule has 1 fully saturated rings. The van der Waals surface area contributed by atoms with Crippen LogP contribution in [-0.2, 0) is 0 Å².